The van der Waals surface area contributed by atoms with E-state index in [1.165, 1.54) is 22.6 Å². The Hall–Kier alpha value is -3.40. The first-order valence-corrected chi connectivity index (χ1v) is 9.97. The van der Waals surface area contributed by atoms with Crippen molar-refractivity contribution in [2.45, 2.75) is 32.2 Å². The highest BCUT2D eigenvalue weighted by Gasteiger charge is 2.37. The van der Waals surface area contributed by atoms with Crippen molar-refractivity contribution in [3.05, 3.63) is 55.7 Å². The lowest BCUT2D eigenvalue weighted by Crippen LogP contribution is -2.30. The van der Waals surface area contributed by atoms with E-state index in [0.29, 0.717) is 5.82 Å². The molecule has 1 aliphatic heterocycles. The van der Waals surface area contributed by atoms with Gasteiger partial charge in [-0.25, -0.2) is 9.97 Å². The monoisotopic (exact) mass is 409 g/mol. The summed E-state index contributed by atoms with van der Waals surface area (Å²) >= 11 is 1.59. The molecule has 1 aromatic carbocycles. The van der Waals surface area contributed by atoms with Gasteiger partial charge in [-0.3, -0.25) is 24.6 Å². The lowest BCUT2D eigenvalue weighted by atomic mass is 9.97. The Kier molecular flexibility index (Phi) is 3.85. The van der Waals surface area contributed by atoms with E-state index in [0.717, 1.165) is 46.9 Å². The number of nitrogens with two attached hydrogens (primary N) is 1. The molecule has 3 aromatic rings. The van der Waals surface area contributed by atoms with E-state index in [1.807, 2.05) is 0 Å². The molecule has 0 atom stereocenters. The predicted molar refractivity (Wildman–Crippen MR) is 106 cm³/mol. The molecule has 2 amide bonds. The number of nitrogens with zero attached hydrogens (tertiary/aromatic N) is 4. The third-order valence-electron chi connectivity index (χ3n) is 5.35. The SMILES string of the molecule is Nc1nc(CN2C(=O)c3ccc([N+](=O)[O-])cc3C2=O)nc2sc3c(c12)CCCC3. The first-order chi connectivity index (χ1) is 13.9. The average Bonchev–Trinajstić information content (AvgIpc) is 3.19. The van der Waals surface area contributed by atoms with Crippen molar-refractivity contribution >= 4 is 44.9 Å². The number of carbonyl (C=O) groups is 2. The van der Waals surface area contributed by atoms with Crippen LogP contribution in [0.5, 0.6) is 0 Å². The molecule has 0 spiro atoms. The number of hydrogen-bond donors (Lipinski definition) is 1. The zero-order valence-corrected chi connectivity index (χ0v) is 16.0. The highest BCUT2D eigenvalue weighted by molar-refractivity contribution is 7.19. The number of anilines is 1. The Balaban J connectivity index is 1.50. The molecule has 0 radical (unpaired) electrons. The van der Waals surface area contributed by atoms with Crippen molar-refractivity contribution in [3.8, 4) is 0 Å². The maximum atomic E-state index is 12.7. The van der Waals surface area contributed by atoms with Gasteiger partial charge in [-0.05, 0) is 37.3 Å². The van der Waals surface area contributed by atoms with Gasteiger partial charge in [0.05, 0.1) is 28.0 Å². The molecule has 2 aliphatic rings. The topological polar surface area (TPSA) is 132 Å². The second kappa shape index (κ2) is 6.31. The number of aromatic nitrogens is 2. The summed E-state index contributed by atoms with van der Waals surface area (Å²) in [7, 11) is 0. The van der Waals surface area contributed by atoms with Gasteiger partial charge in [-0.2, -0.15) is 0 Å². The summed E-state index contributed by atoms with van der Waals surface area (Å²) in [5.74, 6) is -0.483. The second-order valence-electron chi connectivity index (χ2n) is 7.10. The molecule has 10 heteroatoms. The van der Waals surface area contributed by atoms with Gasteiger partial charge >= 0.3 is 0 Å². The molecule has 29 heavy (non-hydrogen) atoms. The molecule has 9 nitrogen and oxygen atoms in total. The fourth-order valence-corrected chi connectivity index (χ4v) is 5.27. The van der Waals surface area contributed by atoms with Gasteiger partial charge < -0.3 is 5.73 Å². The zero-order valence-electron chi connectivity index (χ0n) is 15.2. The van der Waals surface area contributed by atoms with Crippen LogP contribution in [0, 0.1) is 10.1 Å². The van der Waals surface area contributed by atoms with Gasteiger partial charge in [0.2, 0.25) is 0 Å². The third-order valence-corrected chi connectivity index (χ3v) is 6.54. The van der Waals surface area contributed by atoms with Crippen LogP contribution in [0.4, 0.5) is 11.5 Å². The highest BCUT2D eigenvalue weighted by atomic mass is 32.1. The lowest BCUT2D eigenvalue weighted by molar-refractivity contribution is -0.384. The van der Waals surface area contributed by atoms with E-state index < -0.39 is 16.7 Å². The fourth-order valence-electron chi connectivity index (χ4n) is 3.98. The number of amides is 2. The zero-order chi connectivity index (χ0) is 20.3. The maximum absolute atomic E-state index is 12.7. The number of benzene rings is 1. The van der Waals surface area contributed by atoms with Crippen LogP contribution in [0.25, 0.3) is 10.2 Å². The molecule has 1 aliphatic carbocycles. The van der Waals surface area contributed by atoms with E-state index in [2.05, 4.69) is 9.97 Å². The summed E-state index contributed by atoms with van der Waals surface area (Å²) in [5.41, 5.74) is 7.33. The van der Waals surface area contributed by atoms with Crippen molar-refractivity contribution in [2.24, 2.45) is 0 Å². The predicted octanol–water partition coefficient (Wildman–Crippen LogP) is 2.86. The molecule has 0 bridgehead atoms. The van der Waals surface area contributed by atoms with Crippen LogP contribution in [0.2, 0.25) is 0 Å². The quantitative estimate of drug-likeness (QED) is 0.399. The van der Waals surface area contributed by atoms with Crippen molar-refractivity contribution in [1.82, 2.24) is 14.9 Å². The van der Waals surface area contributed by atoms with E-state index in [-0.39, 0.29) is 29.2 Å². The number of nitro groups is 1. The molecule has 5 rings (SSSR count). The molecule has 146 valence electrons. The van der Waals surface area contributed by atoms with Crippen molar-refractivity contribution < 1.29 is 14.5 Å². The van der Waals surface area contributed by atoms with Crippen molar-refractivity contribution in [1.29, 1.82) is 0 Å². The van der Waals surface area contributed by atoms with Crippen LogP contribution >= 0.6 is 11.3 Å². The Morgan fingerprint density at radius 1 is 1.14 bits per heavy atom. The van der Waals surface area contributed by atoms with Crippen molar-refractivity contribution in [2.75, 3.05) is 5.73 Å². The summed E-state index contributed by atoms with van der Waals surface area (Å²) in [4.78, 5) is 47.7. The summed E-state index contributed by atoms with van der Waals surface area (Å²) in [6.07, 6.45) is 4.21. The van der Waals surface area contributed by atoms with Crippen LogP contribution in [0.15, 0.2) is 18.2 Å². The third kappa shape index (κ3) is 2.67. The minimum atomic E-state index is -0.600. The molecule has 0 saturated heterocycles. The number of hydrogen-bond acceptors (Lipinski definition) is 8. The lowest BCUT2D eigenvalue weighted by Gasteiger charge is -2.13. The minimum absolute atomic E-state index is 0.0184. The molecule has 0 unspecified atom stereocenters. The molecule has 2 N–H and O–H groups in total. The van der Waals surface area contributed by atoms with Crippen LogP contribution in [0.3, 0.4) is 0 Å². The average molecular weight is 409 g/mol. The number of aryl methyl sites for hydroxylation is 2. The fraction of sp³-hybridized carbons (Fsp3) is 0.263. The maximum Gasteiger partial charge on any atom is 0.270 e. The largest absolute Gasteiger partial charge is 0.383 e. The van der Waals surface area contributed by atoms with Crippen LogP contribution in [0.1, 0.15) is 49.8 Å². The Labute approximate surface area is 168 Å². The number of thiophene rings is 1. The first-order valence-electron chi connectivity index (χ1n) is 9.15. The number of carbonyl (C=O) groups excluding carboxylic acids is 2. The minimum Gasteiger partial charge on any atom is -0.383 e. The summed E-state index contributed by atoms with van der Waals surface area (Å²) in [6.45, 7) is -0.136. The number of nitrogen functional groups attached to an aromatic ring is 1. The van der Waals surface area contributed by atoms with E-state index in [9.17, 15) is 19.7 Å². The van der Waals surface area contributed by atoms with Gasteiger partial charge in [-0.15, -0.1) is 11.3 Å². The second-order valence-corrected chi connectivity index (χ2v) is 8.18. The molecular weight excluding hydrogens is 394 g/mol. The number of fused-ring (bicyclic) bond motifs is 4. The van der Waals surface area contributed by atoms with Crippen LogP contribution < -0.4 is 5.73 Å². The molecule has 0 saturated carbocycles. The summed E-state index contributed by atoms with van der Waals surface area (Å²) in [5, 5.41) is 11.9. The first kappa shape index (κ1) is 17.7. The Morgan fingerprint density at radius 2 is 1.90 bits per heavy atom. The van der Waals surface area contributed by atoms with Crippen molar-refractivity contribution in [3.63, 3.8) is 0 Å². The summed E-state index contributed by atoms with van der Waals surface area (Å²) < 4.78 is 0. The number of nitro benzene ring substituents is 1. The standard InChI is InChI=1S/C19H15N5O4S/c20-16-15-11-3-1-2-4-13(11)29-17(15)22-14(21-16)8-23-18(25)10-6-5-9(24(27)28)7-12(10)19(23)26/h5-7H,1-4,8H2,(H2,20,21,22). The molecule has 3 heterocycles. The van der Waals surface area contributed by atoms with E-state index in [1.54, 1.807) is 11.3 Å². The molecule has 0 fully saturated rings. The number of imide groups is 1. The van der Waals surface area contributed by atoms with Gasteiger partial charge in [0.15, 0.2) is 5.82 Å². The van der Waals surface area contributed by atoms with Crippen LogP contribution in [-0.4, -0.2) is 31.6 Å². The van der Waals surface area contributed by atoms with Gasteiger partial charge in [0.1, 0.15) is 10.6 Å². The molecular formula is C19H15N5O4S. The van der Waals surface area contributed by atoms with Gasteiger partial charge in [0.25, 0.3) is 17.5 Å². The number of non-ortho nitro benzene ring substituents is 1. The summed E-state index contributed by atoms with van der Waals surface area (Å²) in [6, 6.07) is 3.64. The smallest absolute Gasteiger partial charge is 0.270 e. The highest BCUT2D eigenvalue weighted by Crippen LogP contribution is 2.38. The van der Waals surface area contributed by atoms with Gasteiger partial charge in [0, 0.05) is 17.0 Å². The Bertz CT molecular complexity index is 1240. The van der Waals surface area contributed by atoms with Crippen LogP contribution in [-0.2, 0) is 19.4 Å². The van der Waals surface area contributed by atoms with Gasteiger partial charge in [-0.1, -0.05) is 0 Å². The normalized spacial score (nSPS) is 15.7. The number of rotatable bonds is 3. The van der Waals surface area contributed by atoms with E-state index in [4.69, 9.17) is 5.73 Å². The Morgan fingerprint density at radius 3 is 2.69 bits per heavy atom. The molecule has 2 aromatic heterocycles. The van der Waals surface area contributed by atoms with E-state index >= 15 is 0 Å².